The van der Waals surface area contributed by atoms with Crippen LogP contribution >= 0.6 is 0 Å². The zero-order valence-electron chi connectivity index (χ0n) is 17.9. The Kier molecular flexibility index (Phi) is 7.33. The number of nitrogens with one attached hydrogen (secondary N) is 1. The largest absolute Gasteiger partial charge is 0.496 e. The molecule has 1 atom stereocenters. The molecule has 0 aromatic heterocycles. The van der Waals surface area contributed by atoms with Crippen molar-refractivity contribution in [2.24, 2.45) is 5.92 Å². The first-order valence-electron chi connectivity index (χ1n) is 10.1. The molecule has 1 heterocycles. The fourth-order valence-corrected chi connectivity index (χ4v) is 3.71. The third-order valence-corrected chi connectivity index (χ3v) is 5.41. The van der Waals surface area contributed by atoms with Crippen LogP contribution in [0.1, 0.15) is 28.8 Å². The van der Waals surface area contributed by atoms with E-state index in [1.807, 2.05) is 0 Å². The summed E-state index contributed by atoms with van der Waals surface area (Å²) in [6.07, 6.45) is 1.42. The molecule has 31 heavy (non-hydrogen) atoms. The second kappa shape index (κ2) is 10.1. The smallest absolute Gasteiger partial charge is 0.253 e. The molecule has 1 fully saturated rings. The number of likely N-dealkylation sites (tertiary alicyclic amines) is 1. The minimum absolute atomic E-state index is 0.131. The number of ether oxygens (including phenoxy) is 3. The summed E-state index contributed by atoms with van der Waals surface area (Å²) in [7, 11) is 4.63. The lowest BCUT2D eigenvalue weighted by atomic mass is 9.96. The van der Waals surface area contributed by atoms with Gasteiger partial charge in [0, 0.05) is 36.8 Å². The molecule has 2 aromatic rings. The summed E-state index contributed by atoms with van der Waals surface area (Å²) in [6.45, 7) is 1.15. The van der Waals surface area contributed by atoms with Gasteiger partial charge in [-0.25, -0.2) is 4.39 Å². The summed E-state index contributed by atoms with van der Waals surface area (Å²) in [5, 5.41) is 2.94. The maximum Gasteiger partial charge on any atom is 0.253 e. The molecule has 1 N–H and O–H groups in total. The summed E-state index contributed by atoms with van der Waals surface area (Å²) in [5.74, 6) is 0.627. The van der Waals surface area contributed by atoms with Gasteiger partial charge in [-0.1, -0.05) is 0 Å². The summed E-state index contributed by atoms with van der Waals surface area (Å²) >= 11 is 0. The Hall–Kier alpha value is -3.29. The van der Waals surface area contributed by atoms with E-state index in [0.717, 1.165) is 12.0 Å². The molecule has 2 aromatic carbocycles. The number of piperidine rings is 1. The highest BCUT2D eigenvalue weighted by Crippen LogP contribution is 2.34. The highest BCUT2D eigenvalue weighted by molar-refractivity contribution is 5.94. The van der Waals surface area contributed by atoms with Crippen LogP contribution in [0.5, 0.6) is 17.2 Å². The number of rotatable bonds is 7. The van der Waals surface area contributed by atoms with E-state index in [4.69, 9.17) is 14.2 Å². The predicted octanol–water partition coefficient (Wildman–Crippen LogP) is 3.02. The molecule has 0 saturated carbocycles. The SMILES string of the molecule is COc1cc(OC)c(OC)cc1CNC(=O)C1CCCN(C(=O)c2ccc(F)cc2)C1. The van der Waals surface area contributed by atoms with Gasteiger partial charge in [0.25, 0.3) is 5.91 Å². The second-order valence-corrected chi connectivity index (χ2v) is 7.33. The van der Waals surface area contributed by atoms with Crippen molar-refractivity contribution < 1.29 is 28.2 Å². The van der Waals surface area contributed by atoms with Crippen molar-refractivity contribution in [3.05, 3.63) is 53.3 Å². The van der Waals surface area contributed by atoms with E-state index >= 15 is 0 Å². The third kappa shape index (κ3) is 5.25. The van der Waals surface area contributed by atoms with Crippen molar-refractivity contribution in [2.75, 3.05) is 34.4 Å². The van der Waals surface area contributed by atoms with Crippen molar-refractivity contribution >= 4 is 11.8 Å². The van der Waals surface area contributed by atoms with E-state index < -0.39 is 5.82 Å². The zero-order chi connectivity index (χ0) is 22.4. The first-order chi connectivity index (χ1) is 15.0. The maximum atomic E-state index is 13.1. The van der Waals surface area contributed by atoms with Crippen LogP contribution in [0.3, 0.4) is 0 Å². The first-order valence-corrected chi connectivity index (χ1v) is 10.1. The van der Waals surface area contributed by atoms with Crippen LogP contribution in [0, 0.1) is 11.7 Å². The van der Waals surface area contributed by atoms with Crippen molar-refractivity contribution in [3.8, 4) is 17.2 Å². The van der Waals surface area contributed by atoms with Crippen LogP contribution in [-0.2, 0) is 11.3 Å². The molecule has 3 rings (SSSR count). The maximum absolute atomic E-state index is 13.1. The highest BCUT2D eigenvalue weighted by atomic mass is 19.1. The van der Waals surface area contributed by atoms with Gasteiger partial charge >= 0.3 is 0 Å². The molecular weight excluding hydrogens is 403 g/mol. The molecule has 7 nitrogen and oxygen atoms in total. The number of methoxy groups -OCH3 is 3. The van der Waals surface area contributed by atoms with Crippen molar-refractivity contribution in [1.82, 2.24) is 10.2 Å². The summed E-state index contributed by atoms with van der Waals surface area (Å²) < 4.78 is 29.1. The molecule has 0 radical (unpaired) electrons. The minimum Gasteiger partial charge on any atom is -0.496 e. The molecule has 0 bridgehead atoms. The van der Waals surface area contributed by atoms with E-state index in [1.165, 1.54) is 24.3 Å². The predicted molar refractivity (Wildman–Crippen MR) is 113 cm³/mol. The van der Waals surface area contributed by atoms with Gasteiger partial charge in [0.15, 0.2) is 11.5 Å². The van der Waals surface area contributed by atoms with Crippen LogP contribution in [0.4, 0.5) is 4.39 Å². The molecule has 2 amide bonds. The number of nitrogens with zero attached hydrogens (tertiary/aromatic N) is 1. The number of amides is 2. The number of carbonyl (C=O) groups excluding carboxylic acids is 2. The molecule has 0 aliphatic carbocycles. The first kappa shape index (κ1) is 22.4. The van der Waals surface area contributed by atoms with E-state index in [2.05, 4.69) is 5.32 Å². The average Bonchev–Trinajstić information content (AvgIpc) is 2.81. The van der Waals surface area contributed by atoms with E-state index in [0.29, 0.717) is 42.3 Å². The van der Waals surface area contributed by atoms with Crippen molar-refractivity contribution in [3.63, 3.8) is 0 Å². The minimum atomic E-state index is -0.391. The Bertz CT molecular complexity index is 932. The molecule has 1 aliphatic heterocycles. The lowest BCUT2D eigenvalue weighted by Crippen LogP contribution is -2.45. The van der Waals surface area contributed by atoms with Gasteiger partial charge in [0.2, 0.25) is 5.91 Å². The third-order valence-electron chi connectivity index (χ3n) is 5.41. The van der Waals surface area contributed by atoms with E-state index in [9.17, 15) is 14.0 Å². The summed E-state index contributed by atoms with van der Waals surface area (Å²) in [5.41, 5.74) is 1.17. The lowest BCUT2D eigenvalue weighted by Gasteiger charge is -2.32. The molecule has 1 unspecified atom stereocenters. The van der Waals surface area contributed by atoms with Gasteiger partial charge in [-0.2, -0.15) is 0 Å². The average molecular weight is 430 g/mol. The van der Waals surface area contributed by atoms with Crippen molar-refractivity contribution in [1.29, 1.82) is 0 Å². The Balaban J connectivity index is 1.64. The Labute approximate surface area is 181 Å². The fraction of sp³-hybridized carbons (Fsp3) is 0.391. The number of halogens is 1. The van der Waals surface area contributed by atoms with Crippen LogP contribution in [0.2, 0.25) is 0 Å². The molecule has 8 heteroatoms. The number of benzene rings is 2. The van der Waals surface area contributed by atoms with E-state index in [1.54, 1.807) is 38.4 Å². The number of carbonyl (C=O) groups is 2. The Morgan fingerprint density at radius 3 is 2.32 bits per heavy atom. The normalized spacial score (nSPS) is 15.9. The van der Waals surface area contributed by atoms with E-state index in [-0.39, 0.29) is 24.3 Å². The Morgan fingerprint density at radius 1 is 1.03 bits per heavy atom. The molecule has 166 valence electrons. The van der Waals surface area contributed by atoms with Crippen LogP contribution in [0.25, 0.3) is 0 Å². The van der Waals surface area contributed by atoms with Gasteiger partial charge in [-0.05, 0) is 43.2 Å². The van der Waals surface area contributed by atoms with Crippen molar-refractivity contribution in [2.45, 2.75) is 19.4 Å². The van der Waals surface area contributed by atoms with Gasteiger partial charge in [-0.15, -0.1) is 0 Å². The topological polar surface area (TPSA) is 77.1 Å². The fourth-order valence-electron chi connectivity index (χ4n) is 3.71. The number of hydrogen-bond acceptors (Lipinski definition) is 5. The zero-order valence-corrected chi connectivity index (χ0v) is 17.9. The molecular formula is C23H27FN2O5. The van der Waals surface area contributed by atoms with Gasteiger partial charge in [-0.3, -0.25) is 9.59 Å². The quantitative estimate of drug-likeness (QED) is 0.731. The molecule has 1 saturated heterocycles. The standard InChI is InChI=1S/C23H27FN2O5/c1-29-19-12-21(31-3)20(30-2)11-17(19)13-25-22(27)16-5-4-10-26(14-16)23(28)15-6-8-18(24)9-7-15/h6-9,11-12,16H,4-5,10,13-14H2,1-3H3,(H,25,27). The van der Waals surface area contributed by atoms with Crippen LogP contribution in [0.15, 0.2) is 36.4 Å². The van der Waals surface area contributed by atoms with Crippen LogP contribution < -0.4 is 19.5 Å². The summed E-state index contributed by atoms with van der Waals surface area (Å²) in [6, 6.07) is 8.93. The second-order valence-electron chi connectivity index (χ2n) is 7.33. The van der Waals surface area contributed by atoms with Gasteiger partial charge in [0.1, 0.15) is 11.6 Å². The molecule has 1 aliphatic rings. The molecule has 0 spiro atoms. The monoisotopic (exact) mass is 430 g/mol. The number of hydrogen-bond donors (Lipinski definition) is 1. The van der Waals surface area contributed by atoms with Crippen LogP contribution in [-0.4, -0.2) is 51.1 Å². The summed E-state index contributed by atoms with van der Waals surface area (Å²) in [4.78, 5) is 27.2. The van der Waals surface area contributed by atoms with Gasteiger partial charge in [0.05, 0.1) is 27.2 Å². The highest BCUT2D eigenvalue weighted by Gasteiger charge is 2.29. The van der Waals surface area contributed by atoms with Gasteiger partial charge < -0.3 is 24.4 Å². The Morgan fingerprint density at radius 2 is 1.68 bits per heavy atom. The lowest BCUT2D eigenvalue weighted by molar-refractivity contribution is -0.126.